The SMILES string of the molecule is C=C/C(OCC1CCOCC1)=C(\C=C(/C)S(=O)(=O)N1c2ncc(CC)cc2CC[C@H]1C1CC1)CO. The van der Waals surface area contributed by atoms with Crippen molar-refractivity contribution in [3.63, 3.8) is 0 Å². The Balaban J connectivity index is 1.64. The molecule has 0 unspecified atom stereocenters. The lowest BCUT2D eigenvalue weighted by molar-refractivity contribution is 0.0383. The van der Waals surface area contributed by atoms with Gasteiger partial charge in [0.05, 0.1) is 24.2 Å². The van der Waals surface area contributed by atoms with E-state index in [1.165, 1.54) is 12.2 Å². The summed E-state index contributed by atoms with van der Waals surface area (Å²) in [6.45, 7) is 9.07. The van der Waals surface area contributed by atoms with Gasteiger partial charge in [0.2, 0.25) is 0 Å². The quantitative estimate of drug-likeness (QED) is 0.379. The van der Waals surface area contributed by atoms with Gasteiger partial charge in [-0.1, -0.05) is 19.6 Å². The minimum absolute atomic E-state index is 0.0824. The maximum absolute atomic E-state index is 13.9. The first kappa shape index (κ1) is 25.9. The van der Waals surface area contributed by atoms with Crippen LogP contribution in [0.5, 0.6) is 0 Å². The summed E-state index contributed by atoms with van der Waals surface area (Å²) >= 11 is 0. The fourth-order valence-corrected chi connectivity index (χ4v) is 6.61. The van der Waals surface area contributed by atoms with Crippen LogP contribution in [0.4, 0.5) is 5.82 Å². The van der Waals surface area contributed by atoms with Gasteiger partial charge in [0.15, 0.2) is 0 Å². The van der Waals surface area contributed by atoms with Gasteiger partial charge in [-0.2, -0.15) is 0 Å². The summed E-state index contributed by atoms with van der Waals surface area (Å²) in [7, 11) is -3.85. The van der Waals surface area contributed by atoms with Crippen molar-refractivity contribution in [3.05, 3.63) is 58.4 Å². The number of sulfonamides is 1. The second kappa shape index (κ2) is 11.3. The number of aliphatic hydroxyl groups excluding tert-OH is 1. The Hall–Kier alpha value is -2.16. The van der Waals surface area contributed by atoms with Gasteiger partial charge in [-0.25, -0.2) is 17.7 Å². The molecule has 192 valence electrons. The van der Waals surface area contributed by atoms with Gasteiger partial charge >= 0.3 is 0 Å². The van der Waals surface area contributed by atoms with Crippen LogP contribution in [0.2, 0.25) is 0 Å². The second-order valence-corrected chi connectivity index (χ2v) is 11.8. The third-order valence-corrected chi connectivity index (χ3v) is 9.22. The van der Waals surface area contributed by atoms with Crippen molar-refractivity contribution >= 4 is 15.8 Å². The zero-order valence-electron chi connectivity index (χ0n) is 20.9. The molecule has 3 aliphatic rings. The number of aryl methyl sites for hydroxylation is 2. The van der Waals surface area contributed by atoms with E-state index in [-0.39, 0.29) is 17.6 Å². The van der Waals surface area contributed by atoms with Crippen molar-refractivity contribution in [1.82, 2.24) is 4.98 Å². The summed E-state index contributed by atoms with van der Waals surface area (Å²) in [5, 5.41) is 10.1. The molecule has 1 aliphatic carbocycles. The molecular formula is C27H38N2O5S. The molecular weight excluding hydrogens is 464 g/mol. The number of allylic oxidation sites excluding steroid dienone is 2. The molecule has 35 heavy (non-hydrogen) atoms. The van der Waals surface area contributed by atoms with Crippen LogP contribution in [0.25, 0.3) is 0 Å². The first-order valence-electron chi connectivity index (χ1n) is 12.8. The molecule has 1 saturated carbocycles. The third-order valence-electron chi connectivity index (χ3n) is 7.32. The van der Waals surface area contributed by atoms with Gasteiger partial charge in [0.1, 0.15) is 11.6 Å². The van der Waals surface area contributed by atoms with Crippen molar-refractivity contribution in [2.45, 2.75) is 64.8 Å². The third kappa shape index (κ3) is 5.81. The summed E-state index contributed by atoms with van der Waals surface area (Å²) < 4.78 is 40.8. The van der Waals surface area contributed by atoms with Crippen LogP contribution in [0.1, 0.15) is 57.1 Å². The maximum atomic E-state index is 13.9. The molecule has 0 spiro atoms. The molecule has 3 heterocycles. The van der Waals surface area contributed by atoms with E-state index in [4.69, 9.17) is 9.47 Å². The molecule has 4 rings (SSSR count). The largest absolute Gasteiger partial charge is 0.493 e. The number of nitrogens with zero attached hydrogens (tertiary/aromatic N) is 2. The van der Waals surface area contributed by atoms with Crippen LogP contribution in [0, 0.1) is 11.8 Å². The van der Waals surface area contributed by atoms with Gasteiger partial charge in [0.25, 0.3) is 10.0 Å². The van der Waals surface area contributed by atoms with Crippen molar-refractivity contribution in [1.29, 1.82) is 0 Å². The zero-order chi connectivity index (χ0) is 25.0. The van der Waals surface area contributed by atoms with Gasteiger partial charge in [-0.05, 0) is 87.0 Å². The predicted molar refractivity (Wildman–Crippen MR) is 137 cm³/mol. The van der Waals surface area contributed by atoms with Crippen LogP contribution >= 0.6 is 0 Å². The summed E-state index contributed by atoms with van der Waals surface area (Å²) in [6, 6.07) is 2.01. The molecule has 1 aromatic heterocycles. The Bertz CT molecular complexity index is 1080. The van der Waals surface area contributed by atoms with Gasteiger partial charge in [-0.3, -0.25) is 0 Å². The molecule has 1 aromatic rings. The number of pyridine rings is 1. The number of rotatable bonds is 10. The molecule has 2 aliphatic heterocycles. The number of aliphatic hydroxyl groups is 1. The number of hydrogen-bond donors (Lipinski definition) is 1. The van der Waals surface area contributed by atoms with E-state index in [0.29, 0.717) is 35.6 Å². The average Bonchev–Trinajstić information content (AvgIpc) is 3.73. The first-order valence-corrected chi connectivity index (χ1v) is 14.2. The highest BCUT2D eigenvalue weighted by Crippen LogP contribution is 2.44. The summed E-state index contributed by atoms with van der Waals surface area (Å²) in [5.74, 6) is 1.71. The molecule has 7 nitrogen and oxygen atoms in total. The highest BCUT2D eigenvalue weighted by molar-refractivity contribution is 7.96. The first-order chi connectivity index (χ1) is 16.9. The maximum Gasteiger partial charge on any atom is 0.261 e. The van der Waals surface area contributed by atoms with E-state index < -0.39 is 10.0 Å². The average molecular weight is 503 g/mol. The monoisotopic (exact) mass is 502 g/mol. The van der Waals surface area contributed by atoms with Gasteiger partial charge in [-0.15, -0.1) is 0 Å². The van der Waals surface area contributed by atoms with Crippen molar-refractivity contribution < 1.29 is 23.0 Å². The topological polar surface area (TPSA) is 89.0 Å². The lowest BCUT2D eigenvalue weighted by atomic mass is 9.96. The number of fused-ring (bicyclic) bond motifs is 1. The highest BCUT2D eigenvalue weighted by Gasteiger charge is 2.44. The van der Waals surface area contributed by atoms with Crippen LogP contribution in [-0.2, 0) is 32.3 Å². The highest BCUT2D eigenvalue weighted by atomic mass is 32.2. The molecule has 0 amide bonds. The Labute approximate surface area is 209 Å². The van der Waals surface area contributed by atoms with Crippen molar-refractivity contribution in [3.8, 4) is 0 Å². The van der Waals surface area contributed by atoms with Crippen LogP contribution in [0.3, 0.4) is 0 Å². The van der Waals surface area contributed by atoms with Crippen LogP contribution in [-0.4, -0.2) is 51.0 Å². The fourth-order valence-electron chi connectivity index (χ4n) is 4.98. The van der Waals surface area contributed by atoms with E-state index in [0.717, 1.165) is 69.3 Å². The van der Waals surface area contributed by atoms with Crippen molar-refractivity contribution in [2.24, 2.45) is 11.8 Å². The summed E-state index contributed by atoms with van der Waals surface area (Å²) in [6.07, 6.45) is 11.3. The molecule has 0 aromatic carbocycles. The second-order valence-electron chi connectivity index (χ2n) is 9.80. The number of hydrogen-bond acceptors (Lipinski definition) is 6. The lowest BCUT2D eigenvalue weighted by Gasteiger charge is -2.37. The Kier molecular flexibility index (Phi) is 8.34. The van der Waals surface area contributed by atoms with E-state index >= 15 is 0 Å². The fraction of sp³-hybridized carbons (Fsp3) is 0.593. The van der Waals surface area contributed by atoms with E-state index in [1.54, 1.807) is 17.4 Å². The lowest BCUT2D eigenvalue weighted by Crippen LogP contribution is -2.45. The normalized spacial score (nSPS) is 22.4. The van der Waals surface area contributed by atoms with Crippen molar-refractivity contribution in [2.75, 3.05) is 30.7 Å². The molecule has 2 fully saturated rings. The Morgan fingerprint density at radius 2 is 2.03 bits per heavy atom. The van der Waals surface area contributed by atoms with E-state index in [9.17, 15) is 13.5 Å². The van der Waals surface area contributed by atoms with E-state index in [2.05, 4.69) is 24.6 Å². The molecule has 0 bridgehead atoms. The predicted octanol–water partition coefficient (Wildman–Crippen LogP) is 4.28. The van der Waals surface area contributed by atoms with Gasteiger partial charge in [0, 0.05) is 25.0 Å². The summed E-state index contributed by atoms with van der Waals surface area (Å²) in [4.78, 5) is 4.78. The van der Waals surface area contributed by atoms with Gasteiger partial charge < -0.3 is 14.6 Å². The summed E-state index contributed by atoms with van der Waals surface area (Å²) in [5.41, 5.74) is 2.51. The smallest absolute Gasteiger partial charge is 0.261 e. The van der Waals surface area contributed by atoms with E-state index in [1.807, 2.05) is 0 Å². The standard InChI is InChI=1S/C27H38N2O5S/c1-4-20-15-23-8-9-25(22-6-7-22)29(27(23)28-16-20)35(31,32)19(3)14-24(17-30)26(5-2)34-18-21-10-12-33-13-11-21/h5,14-16,21-22,25,30H,2,4,6-13,17-18H2,1,3H3/b19-14+,26-24-/t25-/m0/s1. The molecule has 0 radical (unpaired) electrons. The molecule has 1 atom stereocenters. The number of ether oxygens (including phenoxy) is 2. The minimum atomic E-state index is -3.85. The Morgan fingerprint density at radius 3 is 2.66 bits per heavy atom. The van der Waals surface area contributed by atoms with Crippen LogP contribution in [0.15, 0.2) is 47.2 Å². The molecule has 1 saturated heterocycles. The number of aromatic nitrogens is 1. The minimum Gasteiger partial charge on any atom is -0.493 e. The molecule has 1 N–H and O–H groups in total. The molecule has 8 heteroatoms. The van der Waals surface area contributed by atoms with Crippen LogP contribution < -0.4 is 4.31 Å². The zero-order valence-corrected chi connectivity index (χ0v) is 21.7. The number of anilines is 1. The Morgan fingerprint density at radius 1 is 1.29 bits per heavy atom.